The SMILES string of the molecule is CO.Cc1c(C#N)c(NC(=O)CCl)n(CCC(C)C)c1C. The minimum atomic E-state index is -0.290. The highest BCUT2D eigenvalue weighted by molar-refractivity contribution is 6.29. The lowest BCUT2D eigenvalue weighted by Crippen LogP contribution is -2.17. The number of aliphatic hydroxyl groups excluding tert-OH is 1. The molecule has 0 aliphatic carbocycles. The van der Waals surface area contributed by atoms with Crippen LogP contribution in [0.15, 0.2) is 0 Å². The van der Waals surface area contributed by atoms with E-state index in [0.29, 0.717) is 17.3 Å². The van der Waals surface area contributed by atoms with E-state index in [2.05, 4.69) is 25.2 Å². The Morgan fingerprint density at radius 3 is 2.43 bits per heavy atom. The number of carbonyl (C=O) groups excluding carboxylic acids is 1. The van der Waals surface area contributed by atoms with Crippen LogP contribution in [0, 0.1) is 31.1 Å². The molecule has 0 unspecified atom stereocenters. The highest BCUT2D eigenvalue weighted by Gasteiger charge is 2.19. The quantitative estimate of drug-likeness (QED) is 0.820. The average molecular weight is 314 g/mol. The van der Waals surface area contributed by atoms with Crippen LogP contribution in [0.5, 0.6) is 0 Å². The molecule has 1 aromatic rings. The van der Waals surface area contributed by atoms with Gasteiger partial charge in [-0.25, -0.2) is 0 Å². The molecule has 1 rings (SSSR count). The number of nitrogens with one attached hydrogen (secondary N) is 1. The maximum Gasteiger partial charge on any atom is 0.240 e. The van der Waals surface area contributed by atoms with Crippen molar-refractivity contribution in [3.05, 3.63) is 16.8 Å². The van der Waals surface area contributed by atoms with E-state index in [1.807, 2.05) is 18.4 Å². The van der Waals surface area contributed by atoms with Gasteiger partial charge < -0.3 is 15.0 Å². The summed E-state index contributed by atoms with van der Waals surface area (Å²) in [6.45, 7) is 8.94. The van der Waals surface area contributed by atoms with E-state index in [0.717, 1.165) is 31.3 Å². The molecule has 0 aliphatic rings. The summed E-state index contributed by atoms with van der Waals surface area (Å²) in [5.74, 6) is 0.729. The highest BCUT2D eigenvalue weighted by Crippen LogP contribution is 2.27. The molecule has 118 valence electrons. The van der Waals surface area contributed by atoms with Gasteiger partial charge in [-0.05, 0) is 31.7 Å². The number of nitriles is 1. The summed E-state index contributed by atoms with van der Waals surface area (Å²) >= 11 is 5.52. The van der Waals surface area contributed by atoms with Gasteiger partial charge in [0.1, 0.15) is 17.8 Å². The van der Waals surface area contributed by atoms with Crippen molar-refractivity contribution in [2.24, 2.45) is 5.92 Å². The summed E-state index contributed by atoms with van der Waals surface area (Å²) in [5.41, 5.74) is 2.46. The van der Waals surface area contributed by atoms with Crippen LogP contribution in [0.4, 0.5) is 5.82 Å². The number of aliphatic hydroxyl groups is 1. The van der Waals surface area contributed by atoms with Gasteiger partial charge in [-0.1, -0.05) is 13.8 Å². The van der Waals surface area contributed by atoms with Crippen molar-refractivity contribution in [1.29, 1.82) is 5.26 Å². The number of alkyl halides is 1. The third kappa shape index (κ3) is 5.07. The molecule has 6 heteroatoms. The number of anilines is 1. The Morgan fingerprint density at radius 2 is 2.00 bits per heavy atom. The zero-order valence-corrected chi connectivity index (χ0v) is 14.1. The summed E-state index contributed by atoms with van der Waals surface area (Å²) in [6, 6.07) is 2.16. The van der Waals surface area contributed by atoms with Crippen LogP contribution in [0.25, 0.3) is 0 Å². The summed E-state index contributed by atoms with van der Waals surface area (Å²) in [4.78, 5) is 11.5. The Kier molecular flexibility index (Phi) is 8.75. The van der Waals surface area contributed by atoms with Crippen molar-refractivity contribution in [2.75, 3.05) is 18.3 Å². The maximum absolute atomic E-state index is 11.5. The zero-order valence-electron chi connectivity index (χ0n) is 13.3. The van der Waals surface area contributed by atoms with E-state index >= 15 is 0 Å². The molecule has 0 spiro atoms. The number of aromatic nitrogens is 1. The van der Waals surface area contributed by atoms with E-state index in [9.17, 15) is 10.1 Å². The lowest BCUT2D eigenvalue weighted by molar-refractivity contribution is -0.114. The highest BCUT2D eigenvalue weighted by atomic mass is 35.5. The standard InChI is InChI=1S/C14H20ClN3O.CH4O/c1-9(2)5-6-18-11(4)10(3)12(8-16)14(18)17-13(19)7-15;1-2/h9H,5-7H2,1-4H3,(H,17,19);2H,1H3. The molecular formula is C15H24ClN3O2. The number of amides is 1. The molecular weight excluding hydrogens is 290 g/mol. The third-order valence-corrected chi connectivity index (χ3v) is 3.49. The predicted octanol–water partition coefficient (Wildman–Crippen LogP) is 2.81. The van der Waals surface area contributed by atoms with Gasteiger partial charge in [-0.15, -0.1) is 11.6 Å². The molecule has 1 amide bonds. The predicted molar refractivity (Wildman–Crippen MR) is 85.6 cm³/mol. The molecule has 21 heavy (non-hydrogen) atoms. The molecule has 0 radical (unpaired) electrons. The molecule has 0 saturated carbocycles. The van der Waals surface area contributed by atoms with Crippen molar-refractivity contribution < 1.29 is 9.90 Å². The fourth-order valence-electron chi connectivity index (χ4n) is 1.96. The van der Waals surface area contributed by atoms with Crippen LogP contribution >= 0.6 is 11.6 Å². The van der Waals surface area contributed by atoms with E-state index in [4.69, 9.17) is 16.7 Å². The first kappa shape index (κ1) is 19.5. The normalized spacial score (nSPS) is 9.86. The number of rotatable bonds is 5. The molecule has 1 heterocycles. The molecule has 1 aromatic heterocycles. The summed E-state index contributed by atoms with van der Waals surface area (Å²) in [6.07, 6.45) is 0.990. The summed E-state index contributed by atoms with van der Waals surface area (Å²) in [7, 11) is 1.00. The smallest absolute Gasteiger partial charge is 0.240 e. The summed E-state index contributed by atoms with van der Waals surface area (Å²) < 4.78 is 2.00. The van der Waals surface area contributed by atoms with Crippen molar-refractivity contribution in [2.45, 2.75) is 40.7 Å². The fraction of sp³-hybridized carbons (Fsp3) is 0.600. The zero-order chi connectivity index (χ0) is 16.6. The van der Waals surface area contributed by atoms with Gasteiger partial charge in [-0.2, -0.15) is 5.26 Å². The van der Waals surface area contributed by atoms with Crippen LogP contribution in [-0.2, 0) is 11.3 Å². The van der Waals surface area contributed by atoms with Crippen LogP contribution in [0.3, 0.4) is 0 Å². The van der Waals surface area contributed by atoms with Crippen molar-refractivity contribution >= 4 is 23.3 Å². The minimum Gasteiger partial charge on any atom is -0.400 e. The van der Waals surface area contributed by atoms with Crippen molar-refractivity contribution in [3.8, 4) is 6.07 Å². The Hall–Kier alpha value is -1.51. The molecule has 0 aliphatic heterocycles. The number of hydrogen-bond donors (Lipinski definition) is 2. The molecule has 5 nitrogen and oxygen atoms in total. The van der Waals surface area contributed by atoms with Crippen molar-refractivity contribution in [1.82, 2.24) is 4.57 Å². The molecule has 0 atom stereocenters. The number of carbonyl (C=O) groups is 1. The molecule has 2 N–H and O–H groups in total. The topological polar surface area (TPSA) is 78.1 Å². The first-order chi connectivity index (χ1) is 9.92. The molecule has 0 bridgehead atoms. The Balaban J connectivity index is 0.00000191. The fourth-order valence-corrected chi connectivity index (χ4v) is 2.03. The van der Waals surface area contributed by atoms with E-state index < -0.39 is 0 Å². The number of nitrogens with zero attached hydrogens (tertiary/aromatic N) is 2. The monoisotopic (exact) mass is 313 g/mol. The van der Waals surface area contributed by atoms with Gasteiger partial charge in [0.05, 0.1) is 5.56 Å². The lowest BCUT2D eigenvalue weighted by atomic mass is 10.1. The van der Waals surface area contributed by atoms with Gasteiger partial charge in [-0.3, -0.25) is 4.79 Å². The van der Waals surface area contributed by atoms with Gasteiger partial charge in [0.25, 0.3) is 0 Å². The second-order valence-electron chi connectivity index (χ2n) is 5.06. The number of halogens is 1. The number of hydrogen-bond acceptors (Lipinski definition) is 3. The molecule has 0 aromatic carbocycles. The van der Waals surface area contributed by atoms with Crippen molar-refractivity contribution in [3.63, 3.8) is 0 Å². The van der Waals surface area contributed by atoms with Gasteiger partial charge in [0.15, 0.2) is 0 Å². The van der Waals surface area contributed by atoms with Crippen LogP contribution in [-0.4, -0.2) is 28.6 Å². The van der Waals surface area contributed by atoms with Gasteiger partial charge in [0, 0.05) is 19.3 Å². The first-order valence-corrected chi connectivity index (χ1v) is 7.36. The summed E-state index contributed by atoms with van der Waals surface area (Å²) in [5, 5.41) is 19.0. The Bertz CT molecular complexity index is 516. The Labute approximate surface area is 131 Å². The van der Waals surface area contributed by atoms with Crippen LogP contribution in [0.2, 0.25) is 0 Å². The van der Waals surface area contributed by atoms with E-state index in [1.165, 1.54) is 0 Å². The Morgan fingerprint density at radius 1 is 1.43 bits per heavy atom. The van der Waals surface area contributed by atoms with E-state index in [-0.39, 0.29) is 11.8 Å². The molecule has 0 saturated heterocycles. The van der Waals surface area contributed by atoms with Crippen LogP contribution in [0.1, 0.15) is 37.1 Å². The lowest BCUT2D eigenvalue weighted by Gasteiger charge is -2.13. The van der Waals surface area contributed by atoms with E-state index in [1.54, 1.807) is 0 Å². The van der Waals surface area contributed by atoms with Gasteiger partial charge in [0.2, 0.25) is 5.91 Å². The minimum absolute atomic E-state index is 0.113. The first-order valence-electron chi connectivity index (χ1n) is 6.82. The second kappa shape index (κ2) is 9.43. The van der Waals surface area contributed by atoms with Crippen LogP contribution < -0.4 is 5.32 Å². The molecule has 0 fully saturated rings. The average Bonchev–Trinajstić information content (AvgIpc) is 2.70. The van der Waals surface area contributed by atoms with Gasteiger partial charge >= 0.3 is 0 Å². The third-order valence-electron chi connectivity index (χ3n) is 3.25. The maximum atomic E-state index is 11.5. The second-order valence-corrected chi connectivity index (χ2v) is 5.33. The largest absolute Gasteiger partial charge is 0.400 e.